The molecule has 1 aromatic heterocycles. The van der Waals surface area contributed by atoms with Gasteiger partial charge in [0.2, 0.25) is 5.91 Å². The van der Waals surface area contributed by atoms with Gasteiger partial charge in [-0.2, -0.15) is 5.10 Å². The Hall–Kier alpha value is -2.58. The number of aromatic nitrogens is 2. The lowest BCUT2D eigenvalue weighted by Crippen LogP contribution is -2.47. The van der Waals surface area contributed by atoms with Gasteiger partial charge in [-0.3, -0.25) is 9.48 Å². The predicted molar refractivity (Wildman–Crippen MR) is 112 cm³/mol. The van der Waals surface area contributed by atoms with E-state index in [9.17, 15) is 9.59 Å². The van der Waals surface area contributed by atoms with Crippen LogP contribution in [0, 0.1) is 0 Å². The molecule has 8 nitrogen and oxygen atoms in total. The van der Waals surface area contributed by atoms with Gasteiger partial charge in [-0.1, -0.05) is 24.3 Å². The third kappa shape index (κ3) is 4.54. The van der Waals surface area contributed by atoms with Crippen LogP contribution >= 0.6 is 12.4 Å². The highest BCUT2D eigenvalue weighted by molar-refractivity contribution is 5.85. The minimum atomic E-state index is -0.222. The lowest BCUT2D eigenvalue weighted by Gasteiger charge is -2.29. The van der Waals surface area contributed by atoms with E-state index in [0.717, 1.165) is 11.4 Å². The molecular weight excluding hydrogens is 392 g/mol. The predicted octanol–water partition coefficient (Wildman–Crippen LogP) is 1.13. The number of hydrogen-bond acceptors (Lipinski definition) is 4. The Labute approximate surface area is 176 Å². The summed E-state index contributed by atoms with van der Waals surface area (Å²) in [5.41, 5.74) is 4.30. The number of carbonyl (C=O) groups excluding carboxylic acids is 2. The Kier molecular flexibility index (Phi) is 6.44. The number of benzene rings is 1. The minimum Gasteiger partial charge on any atom is -0.349 e. The van der Waals surface area contributed by atoms with Gasteiger partial charge in [0.25, 0.3) is 0 Å². The van der Waals surface area contributed by atoms with E-state index in [1.807, 2.05) is 27.8 Å². The SMILES string of the molecule is CN(C)C(=O)N1CCn2nc(CNC(=O)[C@H]3Cc4ccccc4CN3)cc2C1.Cl. The van der Waals surface area contributed by atoms with Gasteiger partial charge in [-0.25, -0.2) is 4.79 Å². The van der Waals surface area contributed by atoms with E-state index < -0.39 is 0 Å². The van der Waals surface area contributed by atoms with E-state index in [-0.39, 0.29) is 30.4 Å². The maximum Gasteiger partial charge on any atom is 0.319 e. The van der Waals surface area contributed by atoms with E-state index in [2.05, 4.69) is 27.9 Å². The van der Waals surface area contributed by atoms with Crippen LogP contribution in [0.15, 0.2) is 30.3 Å². The second-order valence-electron chi connectivity index (χ2n) is 7.57. The van der Waals surface area contributed by atoms with Crippen LogP contribution in [-0.2, 0) is 37.4 Å². The van der Waals surface area contributed by atoms with Gasteiger partial charge in [-0.05, 0) is 23.6 Å². The standard InChI is InChI=1S/C20H26N6O2.ClH/c1-24(2)20(28)25-7-8-26-17(13-25)10-16(23-26)12-22-19(27)18-9-14-5-3-4-6-15(14)11-21-18;/h3-6,10,18,21H,7-9,11-13H2,1-2H3,(H,22,27);1H/t18-;/m1./s1. The summed E-state index contributed by atoms with van der Waals surface area (Å²) in [6.45, 7) is 2.95. The van der Waals surface area contributed by atoms with Crippen molar-refractivity contribution in [1.82, 2.24) is 30.2 Å². The number of rotatable bonds is 3. The molecule has 0 unspecified atom stereocenters. The van der Waals surface area contributed by atoms with Gasteiger partial charge in [0.05, 0.1) is 37.1 Å². The van der Waals surface area contributed by atoms with Crippen LogP contribution in [-0.4, -0.2) is 58.2 Å². The molecule has 2 N–H and O–H groups in total. The largest absolute Gasteiger partial charge is 0.349 e. The van der Waals surface area contributed by atoms with Crippen LogP contribution in [0.1, 0.15) is 22.5 Å². The third-order valence-corrected chi connectivity index (χ3v) is 5.34. The van der Waals surface area contributed by atoms with Crippen LogP contribution < -0.4 is 10.6 Å². The van der Waals surface area contributed by atoms with Gasteiger partial charge in [0.15, 0.2) is 0 Å². The van der Waals surface area contributed by atoms with Crippen LogP contribution in [0.2, 0.25) is 0 Å². The van der Waals surface area contributed by atoms with E-state index in [4.69, 9.17) is 0 Å². The maximum atomic E-state index is 12.6. The first-order chi connectivity index (χ1) is 13.5. The Morgan fingerprint density at radius 2 is 2.00 bits per heavy atom. The smallest absolute Gasteiger partial charge is 0.319 e. The topological polar surface area (TPSA) is 82.5 Å². The number of nitrogens with zero attached hydrogens (tertiary/aromatic N) is 4. The fourth-order valence-corrected chi connectivity index (χ4v) is 3.80. The van der Waals surface area contributed by atoms with Gasteiger partial charge in [0.1, 0.15) is 0 Å². The summed E-state index contributed by atoms with van der Waals surface area (Å²) in [4.78, 5) is 28.1. The zero-order valence-corrected chi connectivity index (χ0v) is 17.5. The molecule has 2 aromatic rings. The Balaban J connectivity index is 0.00000240. The number of nitrogens with one attached hydrogen (secondary N) is 2. The van der Waals surface area contributed by atoms with E-state index in [1.54, 1.807) is 19.0 Å². The molecule has 0 radical (unpaired) electrons. The molecule has 0 fully saturated rings. The quantitative estimate of drug-likeness (QED) is 0.782. The molecule has 9 heteroatoms. The number of amides is 3. The molecule has 2 aliphatic heterocycles. The van der Waals surface area contributed by atoms with Crippen LogP contribution in [0.5, 0.6) is 0 Å². The minimum absolute atomic E-state index is 0. The van der Waals surface area contributed by atoms with Crippen molar-refractivity contribution in [1.29, 1.82) is 0 Å². The Morgan fingerprint density at radius 3 is 2.76 bits per heavy atom. The summed E-state index contributed by atoms with van der Waals surface area (Å²) in [5.74, 6) is -0.00936. The van der Waals surface area contributed by atoms with Crippen molar-refractivity contribution in [2.45, 2.75) is 38.6 Å². The number of carbonyl (C=O) groups is 2. The van der Waals surface area contributed by atoms with E-state index in [0.29, 0.717) is 39.1 Å². The fraction of sp³-hybridized carbons (Fsp3) is 0.450. The van der Waals surface area contributed by atoms with Crippen molar-refractivity contribution in [2.24, 2.45) is 0 Å². The average Bonchev–Trinajstić information content (AvgIpc) is 3.13. The fourth-order valence-electron chi connectivity index (χ4n) is 3.80. The Bertz CT molecular complexity index is 897. The highest BCUT2D eigenvalue weighted by Gasteiger charge is 2.25. The second kappa shape index (κ2) is 8.84. The van der Waals surface area contributed by atoms with Crippen molar-refractivity contribution in [2.75, 3.05) is 20.6 Å². The van der Waals surface area contributed by atoms with Gasteiger partial charge in [-0.15, -0.1) is 12.4 Å². The van der Waals surface area contributed by atoms with E-state index in [1.165, 1.54) is 11.1 Å². The van der Waals surface area contributed by atoms with Gasteiger partial charge >= 0.3 is 6.03 Å². The highest BCUT2D eigenvalue weighted by atomic mass is 35.5. The molecule has 3 heterocycles. The molecule has 0 saturated heterocycles. The van der Waals surface area contributed by atoms with Crippen molar-refractivity contribution in [3.63, 3.8) is 0 Å². The molecular formula is C20H27ClN6O2. The number of urea groups is 1. The average molecular weight is 419 g/mol. The molecule has 156 valence electrons. The van der Waals surface area contributed by atoms with Crippen LogP contribution in [0.3, 0.4) is 0 Å². The lowest BCUT2D eigenvalue weighted by atomic mass is 9.95. The summed E-state index contributed by atoms with van der Waals surface area (Å²) in [6.07, 6.45) is 0.698. The van der Waals surface area contributed by atoms with Crippen LogP contribution in [0.25, 0.3) is 0 Å². The zero-order chi connectivity index (χ0) is 19.7. The summed E-state index contributed by atoms with van der Waals surface area (Å²) in [5, 5.41) is 10.9. The molecule has 29 heavy (non-hydrogen) atoms. The Morgan fingerprint density at radius 1 is 1.24 bits per heavy atom. The van der Waals surface area contributed by atoms with E-state index >= 15 is 0 Å². The number of halogens is 1. The first-order valence-electron chi connectivity index (χ1n) is 9.61. The first-order valence-corrected chi connectivity index (χ1v) is 9.61. The summed E-state index contributed by atoms with van der Waals surface area (Å²) < 4.78 is 1.93. The maximum absolute atomic E-state index is 12.6. The molecule has 0 spiro atoms. The molecule has 1 aromatic carbocycles. The third-order valence-electron chi connectivity index (χ3n) is 5.34. The summed E-state index contributed by atoms with van der Waals surface area (Å²) in [7, 11) is 3.51. The number of hydrogen-bond donors (Lipinski definition) is 2. The molecule has 2 aliphatic rings. The van der Waals surface area contributed by atoms with Crippen molar-refractivity contribution in [3.05, 3.63) is 52.8 Å². The van der Waals surface area contributed by atoms with Crippen molar-refractivity contribution >= 4 is 24.3 Å². The molecule has 1 atom stereocenters. The molecule has 0 aliphatic carbocycles. The first kappa shape index (κ1) is 21.1. The summed E-state index contributed by atoms with van der Waals surface area (Å²) >= 11 is 0. The van der Waals surface area contributed by atoms with Crippen LogP contribution in [0.4, 0.5) is 4.79 Å². The second-order valence-corrected chi connectivity index (χ2v) is 7.57. The molecule has 0 saturated carbocycles. The lowest BCUT2D eigenvalue weighted by molar-refractivity contribution is -0.123. The van der Waals surface area contributed by atoms with Gasteiger partial charge in [0, 0.05) is 27.2 Å². The van der Waals surface area contributed by atoms with Crippen molar-refractivity contribution < 1.29 is 9.59 Å². The summed E-state index contributed by atoms with van der Waals surface area (Å²) in [6, 6.07) is 9.97. The highest BCUT2D eigenvalue weighted by Crippen LogP contribution is 2.17. The molecule has 4 rings (SSSR count). The monoisotopic (exact) mass is 418 g/mol. The van der Waals surface area contributed by atoms with Crippen molar-refractivity contribution in [3.8, 4) is 0 Å². The van der Waals surface area contributed by atoms with Gasteiger partial charge < -0.3 is 20.4 Å². The number of fused-ring (bicyclic) bond motifs is 2. The normalized spacial score (nSPS) is 17.6. The molecule has 3 amide bonds. The molecule has 0 bridgehead atoms. The zero-order valence-electron chi connectivity index (χ0n) is 16.7.